The Balaban J connectivity index is 0.763. The van der Waals surface area contributed by atoms with E-state index in [1.54, 1.807) is 18.3 Å². The van der Waals surface area contributed by atoms with Crippen molar-refractivity contribution in [3.8, 4) is 10.4 Å². The number of nitrogens with two attached hydrogens (primary N) is 1. The van der Waals surface area contributed by atoms with E-state index in [9.17, 15) is 57.8 Å². The molecule has 19 nitrogen and oxygen atoms in total. The first-order valence-corrected chi connectivity index (χ1v) is 32.0. The maximum absolute atomic E-state index is 14.6. The van der Waals surface area contributed by atoms with Gasteiger partial charge in [-0.25, -0.2) is 4.98 Å². The second kappa shape index (κ2) is 27.2. The summed E-state index contributed by atoms with van der Waals surface area (Å²) >= 11 is 1.57. The topological polar surface area (TPSA) is 306 Å². The molecule has 8 atom stereocenters. The van der Waals surface area contributed by atoms with Gasteiger partial charge in [-0.3, -0.25) is 47.8 Å². The number of aromatic nitrogens is 2. The van der Waals surface area contributed by atoms with Gasteiger partial charge < -0.3 is 41.0 Å². The Bertz CT molecular complexity index is 3670. The van der Waals surface area contributed by atoms with Crippen LogP contribution in [0.5, 0.6) is 0 Å². The molecule has 1 aliphatic carbocycles. The van der Waals surface area contributed by atoms with Crippen molar-refractivity contribution in [2.75, 3.05) is 4.90 Å². The van der Waals surface area contributed by atoms with Crippen molar-refractivity contribution in [3.05, 3.63) is 147 Å². The van der Waals surface area contributed by atoms with Crippen molar-refractivity contribution in [3.63, 3.8) is 0 Å². The number of fused-ring (bicyclic) bond motifs is 1. The number of carbonyl (C=O) groups excluding carboxylic acids is 8. The number of aryl methyl sites for hydroxylation is 2. The number of ether oxygens (including phenoxy) is 1. The first-order valence-electron chi connectivity index (χ1n) is 29.5. The number of Topliss-reactive ketones (excluding diaryl/α,β-unsaturated/α-hetero) is 3. The largest absolute Gasteiger partial charge is 0.396 e. The van der Waals surface area contributed by atoms with Crippen molar-refractivity contribution in [2.24, 2.45) is 34.8 Å². The highest BCUT2D eigenvalue weighted by molar-refractivity contribution is 7.70. The first-order chi connectivity index (χ1) is 41.3. The van der Waals surface area contributed by atoms with E-state index in [0.29, 0.717) is 35.9 Å². The molecule has 1 fully saturated rings. The summed E-state index contributed by atoms with van der Waals surface area (Å²) in [7, 11) is -5.04. The number of para-hydroxylation sites is 1. The SMILES string of the molecule is Cc1ncsc1-c1ccc(CNC(=O)[C@@H]2C[C@@H](O)CC2C(=O)[C@@H](CC(=O)CC/C=C/c2ccc(CO[C@H](C)[C@H](CCC(N)=O)NC(=O)[C@@H]3Cc4cccc5c4N3C(=O)[C@@H](CC(=O)c3cc4cc(C(=O)P(=O)(O)O)ccc4[nH]3)CC5)cc2)C(C)(C)C)cc1. The summed E-state index contributed by atoms with van der Waals surface area (Å²) < 4.78 is 17.9. The quantitative estimate of drug-likeness (QED) is 0.0197. The summed E-state index contributed by atoms with van der Waals surface area (Å²) in [5.41, 5.74) is 12.8. The number of benzene rings is 4. The number of H-pyrrole nitrogens is 1. The number of ketones is 3. The first kappa shape index (κ1) is 63.9. The Labute approximate surface area is 509 Å². The Kier molecular flexibility index (Phi) is 20.0. The second-order valence-electron chi connectivity index (χ2n) is 24.5. The Morgan fingerprint density at radius 2 is 1.63 bits per heavy atom. The van der Waals surface area contributed by atoms with Gasteiger partial charge >= 0.3 is 7.60 Å². The highest BCUT2D eigenvalue weighted by Crippen LogP contribution is 2.44. The number of anilines is 1. The van der Waals surface area contributed by atoms with Crippen LogP contribution in [0.15, 0.2) is 103 Å². The smallest absolute Gasteiger partial charge is 0.393 e. The molecular weight excluding hydrogens is 1150 g/mol. The molecular formula is C66H75N6O13PS. The molecule has 3 aliphatic rings. The maximum atomic E-state index is 14.6. The minimum Gasteiger partial charge on any atom is -0.393 e. The van der Waals surface area contributed by atoms with Crippen LogP contribution in [-0.4, -0.2) is 95.7 Å². The van der Waals surface area contributed by atoms with E-state index in [4.69, 9.17) is 10.5 Å². The lowest BCUT2D eigenvalue weighted by Crippen LogP contribution is -2.54. The van der Waals surface area contributed by atoms with Crippen LogP contribution in [0.4, 0.5) is 5.69 Å². The van der Waals surface area contributed by atoms with Gasteiger partial charge in [0.25, 0.3) is 5.52 Å². The summed E-state index contributed by atoms with van der Waals surface area (Å²) in [5, 5.41) is 17.2. The molecule has 458 valence electrons. The van der Waals surface area contributed by atoms with Crippen LogP contribution in [0.3, 0.4) is 0 Å². The minimum absolute atomic E-state index is 0.0279. The average Bonchev–Trinajstić information content (AvgIpc) is 2.15. The van der Waals surface area contributed by atoms with E-state index < -0.39 is 90.0 Å². The number of primary amides is 1. The van der Waals surface area contributed by atoms with Gasteiger partial charge in [0.2, 0.25) is 23.6 Å². The number of aromatic amines is 1. The van der Waals surface area contributed by atoms with Crippen LogP contribution < -0.4 is 21.3 Å². The third-order valence-electron chi connectivity index (χ3n) is 17.2. The zero-order chi connectivity index (χ0) is 62.5. The van der Waals surface area contributed by atoms with Gasteiger partial charge in [-0.15, -0.1) is 11.3 Å². The van der Waals surface area contributed by atoms with Crippen LogP contribution in [0.1, 0.15) is 140 Å². The molecule has 1 unspecified atom stereocenters. The van der Waals surface area contributed by atoms with Gasteiger partial charge in [0.15, 0.2) is 5.78 Å². The van der Waals surface area contributed by atoms with Gasteiger partial charge in [-0.2, -0.15) is 0 Å². The molecule has 21 heteroatoms. The molecule has 9 rings (SSSR count). The van der Waals surface area contributed by atoms with Crippen molar-refractivity contribution in [1.29, 1.82) is 0 Å². The van der Waals surface area contributed by atoms with E-state index in [-0.39, 0.29) is 93.2 Å². The number of allylic oxidation sites excluding steroid dienone is 1. The molecule has 0 bridgehead atoms. The van der Waals surface area contributed by atoms with Gasteiger partial charge in [0.05, 0.1) is 58.2 Å². The molecule has 8 N–H and O–H groups in total. The Hall–Kier alpha value is -7.58. The monoisotopic (exact) mass is 1220 g/mol. The fraction of sp³-hybridized carbons (Fsp3) is 0.409. The van der Waals surface area contributed by atoms with E-state index >= 15 is 0 Å². The van der Waals surface area contributed by atoms with Gasteiger partial charge in [0, 0.05) is 72.9 Å². The fourth-order valence-corrected chi connectivity index (χ4v) is 13.5. The van der Waals surface area contributed by atoms with E-state index in [1.165, 1.54) is 29.2 Å². The molecule has 2 aliphatic heterocycles. The molecule has 2 aromatic heterocycles. The van der Waals surface area contributed by atoms with E-state index in [0.717, 1.165) is 44.0 Å². The molecule has 4 aromatic carbocycles. The van der Waals surface area contributed by atoms with Gasteiger partial charge in [-0.1, -0.05) is 99.7 Å². The molecule has 0 radical (unpaired) electrons. The standard InChI is InChI=1S/C66H75N6O13PS/c1-37-61(87-36-69-37)43-19-17-40(18-20-43)34-68-62(78)51-32-49(74)31-50(51)60(77)52(66(3,4)5)33-48(73)12-7-6-9-39-13-15-41(16-14-39)35-85-38(2)53(25-26-58(67)76)71-63(79)56-29-44-11-8-10-42-21-22-45(64(80)72(56)59(42)44)30-57(75)55-28-47-27-46(23-24-54(47)70-55)65(81)86(82,83)84/h6,8-11,13-20,23-24,27-28,36,38,45,49-53,56,70,74H,7,12,21-22,25-26,29-35H2,1-5H3,(H2,67,76)(H,68,78)(H,71,79)(H2,82,83,84)/b9-6+/t38-,45-,49+,50?,51-,52-,53+,56+/m1/s1. The number of amides is 4. The third kappa shape index (κ3) is 15.4. The molecule has 87 heavy (non-hydrogen) atoms. The van der Waals surface area contributed by atoms with E-state index in [1.807, 2.05) is 112 Å². The molecule has 1 saturated carbocycles. The van der Waals surface area contributed by atoms with Crippen LogP contribution in [0.25, 0.3) is 27.4 Å². The highest BCUT2D eigenvalue weighted by atomic mass is 32.1. The summed E-state index contributed by atoms with van der Waals surface area (Å²) in [6.07, 6.45) is 4.36. The van der Waals surface area contributed by atoms with Gasteiger partial charge in [0.1, 0.15) is 17.6 Å². The lowest BCUT2D eigenvalue weighted by Gasteiger charge is -2.32. The zero-order valence-electron chi connectivity index (χ0n) is 49.5. The number of nitrogens with one attached hydrogen (secondary N) is 3. The fourth-order valence-electron chi connectivity index (χ4n) is 12.3. The number of rotatable bonds is 26. The molecule has 4 amide bonds. The predicted molar refractivity (Wildman–Crippen MR) is 330 cm³/mol. The van der Waals surface area contributed by atoms with Crippen molar-refractivity contribution < 1.29 is 62.6 Å². The third-order valence-corrected chi connectivity index (χ3v) is 18.9. The number of nitrogens with zero attached hydrogens (tertiary/aromatic N) is 2. The van der Waals surface area contributed by atoms with Crippen LogP contribution >= 0.6 is 18.9 Å². The van der Waals surface area contributed by atoms with Crippen LogP contribution in [-0.2, 0) is 64.1 Å². The number of hydrogen-bond acceptors (Lipinski definition) is 13. The Morgan fingerprint density at radius 3 is 2.32 bits per heavy atom. The number of hydrogen-bond donors (Lipinski definition) is 7. The summed E-state index contributed by atoms with van der Waals surface area (Å²) in [6, 6.07) is 25.0. The lowest BCUT2D eigenvalue weighted by atomic mass is 9.70. The van der Waals surface area contributed by atoms with Crippen molar-refractivity contribution in [2.45, 2.75) is 143 Å². The van der Waals surface area contributed by atoms with Crippen LogP contribution in [0.2, 0.25) is 0 Å². The minimum atomic E-state index is -5.04. The van der Waals surface area contributed by atoms with E-state index in [2.05, 4.69) is 20.6 Å². The average molecular weight is 1220 g/mol. The predicted octanol–water partition coefficient (Wildman–Crippen LogP) is 9.05. The Morgan fingerprint density at radius 1 is 0.920 bits per heavy atom. The summed E-state index contributed by atoms with van der Waals surface area (Å²) in [5.74, 6) is -5.21. The second-order valence-corrected chi connectivity index (χ2v) is 26.8. The summed E-state index contributed by atoms with van der Waals surface area (Å²) in [4.78, 5) is 138. The number of thiazole rings is 1. The highest BCUT2D eigenvalue weighted by Gasteiger charge is 2.48. The zero-order valence-corrected chi connectivity index (χ0v) is 51.2. The molecule has 0 saturated heterocycles. The molecule has 6 aromatic rings. The lowest BCUT2D eigenvalue weighted by molar-refractivity contribution is -0.138. The molecule has 4 heterocycles. The van der Waals surface area contributed by atoms with Crippen LogP contribution in [0, 0.1) is 36.0 Å². The number of aliphatic hydroxyl groups excluding tert-OH is 1. The van der Waals surface area contributed by atoms with Gasteiger partial charge in [-0.05, 0) is 115 Å². The van der Waals surface area contributed by atoms with Crippen molar-refractivity contribution in [1.82, 2.24) is 20.6 Å². The molecule has 0 spiro atoms. The number of aliphatic hydroxyl groups is 1. The number of carbonyl (C=O) groups is 8. The van der Waals surface area contributed by atoms with Crippen molar-refractivity contribution >= 4 is 88.1 Å². The maximum Gasteiger partial charge on any atom is 0.396 e. The summed E-state index contributed by atoms with van der Waals surface area (Å²) in [6.45, 7) is 9.96. The normalized spacial score (nSPS) is 19.6.